The quantitative estimate of drug-likeness (QED) is 0.922. The maximum absolute atomic E-state index is 13.0. The summed E-state index contributed by atoms with van der Waals surface area (Å²) in [5.41, 5.74) is 0.128. The fourth-order valence-electron chi connectivity index (χ4n) is 3.51. The smallest absolute Gasteiger partial charge is 0.387 e. The predicted octanol–water partition coefficient (Wildman–Crippen LogP) is 2.26. The van der Waals surface area contributed by atoms with Crippen molar-refractivity contribution in [3.63, 3.8) is 0 Å². The highest BCUT2D eigenvalue weighted by atomic mass is 19.3. The van der Waals surface area contributed by atoms with Gasteiger partial charge in [0.05, 0.1) is 12.7 Å². The molecule has 0 spiro atoms. The fourth-order valence-corrected chi connectivity index (χ4v) is 3.51. The molecule has 2 bridgehead atoms. The third-order valence-corrected chi connectivity index (χ3v) is 4.52. The van der Waals surface area contributed by atoms with E-state index >= 15 is 0 Å². The van der Waals surface area contributed by atoms with E-state index in [9.17, 15) is 13.6 Å². The van der Waals surface area contributed by atoms with E-state index in [1.165, 1.54) is 19.2 Å². The number of halogens is 2. The number of hydrogen-bond donors (Lipinski definition) is 1. The highest BCUT2D eigenvalue weighted by Gasteiger charge is 2.39. The Balaban J connectivity index is 1.95. The van der Waals surface area contributed by atoms with Crippen LogP contribution in [0.25, 0.3) is 0 Å². The van der Waals surface area contributed by atoms with E-state index in [1.807, 2.05) is 4.90 Å². The minimum Gasteiger partial charge on any atom is -0.493 e. The van der Waals surface area contributed by atoms with Gasteiger partial charge < -0.3 is 19.7 Å². The third kappa shape index (κ3) is 3.10. The van der Waals surface area contributed by atoms with E-state index < -0.39 is 6.61 Å². The van der Waals surface area contributed by atoms with Crippen LogP contribution in [0.2, 0.25) is 0 Å². The molecule has 126 valence electrons. The van der Waals surface area contributed by atoms with Crippen LogP contribution in [0.3, 0.4) is 0 Å². The van der Waals surface area contributed by atoms with Crippen LogP contribution in [0.1, 0.15) is 29.6 Å². The second-order valence-electron chi connectivity index (χ2n) is 5.81. The molecule has 5 nitrogen and oxygen atoms in total. The van der Waals surface area contributed by atoms with Gasteiger partial charge in [0, 0.05) is 18.6 Å². The number of alkyl halides is 2. The van der Waals surface area contributed by atoms with Crippen LogP contribution in [-0.4, -0.2) is 49.7 Å². The highest BCUT2D eigenvalue weighted by Crippen LogP contribution is 2.36. The number of methoxy groups -OCH3 is 1. The summed E-state index contributed by atoms with van der Waals surface area (Å²) in [4.78, 5) is 14.8. The minimum atomic E-state index is -3.01. The number of carbonyl (C=O) groups excluding carboxylic acids is 1. The van der Waals surface area contributed by atoms with Gasteiger partial charge in [-0.1, -0.05) is 6.07 Å². The number of amides is 1. The van der Waals surface area contributed by atoms with E-state index in [4.69, 9.17) is 4.74 Å². The highest BCUT2D eigenvalue weighted by molar-refractivity contribution is 5.98. The lowest BCUT2D eigenvalue weighted by molar-refractivity contribution is -0.0517. The summed E-state index contributed by atoms with van der Waals surface area (Å²) < 4.78 is 35.1. The van der Waals surface area contributed by atoms with Crippen molar-refractivity contribution in [3.8, 4) is 11.5 Å². The van der Waals surface area contributed by atoms with Crippen molar-refractivity contribution in [1.82, 2.24) is 10.2 Å². The van der Waals surface area contributed by atoms with Gasteiger partial charge in [0.1, 0.15) is 0 Å². The molecule has 1 aromatic carbocycles. The molecule has 2 atom stereocenters. The number of nitrogens with one attached hydrogen (secondary N) is 1. The topological polar surface area (TPSA) is 50.8 Å². The Morgan fingerprint density at radius 2 is 2.09 bits per heavy atom. The average Bonchev–Trinajstić information content (AvgIpc) is 2.79. The zero-order valence-corrected chi connectivity index (χ0v) is 12.9. The molecule has 7 heteroatoms. The lowest BCUT2D eigenvalue weighted by Gasteiger charge is -2.28. The third-order valence-electron chi connectivity index (χ3n) is 4.52. The van der Waals surface area contributed by atoms with E-state index in [0.29, 0.717) is 0 Å². The van der Waals surface area contributed by atoms with Crippen molar-refractivity contribution in [1.29, 1.82) is 0 Å². The molecule has 0 aromatic heterocycles. The molecule has 1 N–H and O–H groups in total. The van der Waals surface area contributed by atoms with Crippen LogP contribution in [-0.2, 0) is 0 Å². The second kappa shape index (κ2) is 6.70. The van der Waals surface area contributed by atoms with Crippen molar-refractivity contribution in [2.45, 2.75) is 38.0 Å². The first-order valence-electron chi connectivity index (χ1n) is 7.77. The van der Waals surface area contributed by atoms with Gasteiger partial charge in [0.25, 0.3) is 5.91 Å². The zero-order chi connectivity index (χ0) is 16.4. The monoisotopic (exact) mass is 326 g/mol. The first kappa shape index (κ1) is 16.0. The van der Waals surface area contributed by atoms with Crippen molar-refractivity contribution in [2.75, 3.05) is 20.2 Å². The van der Waals surface area contributed by atoms with E-state index in [0.717, 1.165) is 32.4 Å². The van der Waals surface area contributed by atoms with Crippen molar-refractivity contribution in [2.24, 2.45) is 0 Å². The summed E-state index contributed by atoms with van der Waals surface area (Å²) in [6.07, 6.45) is 2.75. The first-order chi connectivity index (χ1) is 11.1. The first-order valence-corrected chi connectivity index (χ1v) is 7.77. The fraction of sp³-hybridized carbons (Fsp3) is 0.562. The molecule has 2 heterocycles. The maximum atomic E-state index is 13.0. The lowest BCUT2D eigenvalue weighted by atomic mass is 10.1. The van der Waals surface area contributed by atoms with Gasteiger partial charge in [-0.05, 0) is 37.9 Å². The average molecular weight is 326 g/mol. The molecular weight excluding hydrogens is 306 g/mol. The predicted molar refractivity (Wildman–Crippen MR) is 80.1 cm³/mol. The van der Waals surface area contributed by atoms with Crippen molar-refractivity contribution in [3.05, 3.63) is 23.8 Å². The molecule has 0 aliphatic carbocycles. The van der Waals surface area contributed by atoms with Crippen LogP contribution in [0.5, 0.6) is 11.5 Å². The van der Waals surface area contributed by atoms with Gasteiger partial charge >= 0.3 is 6.61 Å². The largest absolute Gasteiger partial charge is 0.493 e. The second-order valence-corrected chi connectivity index (χ2v) is 5.81. The van der Waals surface area contributed by atoms with Gasteiger partial charge in [-0.3, -0.25) is 4.79 Å². The minimum absolute atomic E-state index is 0.0978. The summed E-state index contributed by atoms with van der Waals surface area (Å²) >= 11 is 0. The number of benzene rings is 1. The molecule has 0 radical (unpaired) electrons. The van der Waals surface area contributed by atoms with Gasteiger partial charge in [0.15, 0.2) is 11.5 Å². The summed E-state index contributed by atoms with van der Waals surface area (Å²) in [5.74, 6) is -0.321. The van der Waals surface area contributed by atoms with Crippen LogP contribution >= 0.6 is 0 Å². The van der Waals surface area contributed by atoms with Crippen molar-refractivity contribution >= 4 is 5.91 Å². The summed E-state index contributed by atoms with van der Waals surface area (Å²) in [6, 6.07) is 4.88. The molecule has 2 unspecified atom stereocenters. The molecule has 2 saturated heterocycles. The molecule has 0 saturated carbocycles. The Bertz CT molecular complexity index is 568. The standard InChI is InChI=1S/C16H20F2N2O3/c1-22-13-4-2-3-12(14(13)23-16(17)18)15(21)20-10-5-6-11(20)9-19-8-7-10/h2-4,10-11,16,19H,5-9H2,1H3. The number of fused-ring (bicyclic) bond motifs is 2. The Kier molecular flexibility index (Phi) is 4.66. The van der Waals surface area contributed by atoms with E-state index in [-0.39, 0.29) is 35.1 Å². The molecular formula is C16H20F2N2O3. The summed E-state index contributed by atoms with van der Waals surface area (Å²) in [6.45, 7) is -1.42. The normalized spacial score (nSPS) is 23.7. The van der Waals surface area contributed by atoms with Crippen LogP contribution in [0.4, 0.5) is 8.78 Å². The van der Waals surface area contributed by atoms with Gasteiger partial charge in [-0.15, -0.1) is 0 Å². The molecule has 3 rings (SSSR count). The number of hydrogen-bond acceptors (Lipinski definition) is 4. The number of carbonyl (C=O) groups is 1. The lowest BCUT2D eigenvalue weighted by Crippen LogP contribution is -2.42. The van der Waals surface area contributed by atoms with Crippen LogP contribution < -0.4 is 14.8 Å². The number of ether oxygens (including phenoxy) is 2. The van der Waals surface area contributed by atoms with Crippen LogP contribution in [0, 0.1) is 0 Å². The Labute approximate surface area is 133 Å². The van der Waals surface area contributed by atoms with Gasteiger partial charge in [0.2, 0.25) is 0 Å². The SMILES string of the molecule is COc1cccc(C(=O)N2C3CCNCC2CC3)c1OC(F)F. The zero-order valence-electron chi connectivity index (χ0n) is 12.9. The number of nitrogens with zero attached hydrogens (tertiary/aromatic N) is 1. The molecule has 23 heavy (non-hydrogen) atoms. The molecule has 1 aromatic rings. The Hall–Kier alpha value is -1.89. The Morgan fingerprint density at radius 1 is 1.30 bits per heavy atom. The van der Waals surface area contributed by atoms with E-state index in [1.54, 1.807) is 6.07 Å². The molecule has 2 fully saturated rings. The number of para-hydroxylation sites is 1. The van der Waals surface area contributed by atoms with Gasteiger partial charge in [-0.2, -0.15) is 8.78 Å². The maximum Gasteiger partial charge on any atom is 0.387 e. The molecule has 2 aliphatic heterocycles. The Morgan fingerprint density at radius 3 is 2.83 bits per heavy atom. The summed E-state index contributed by atoms with van der Waals surface area (Å²) in [5, 5.41) is 3.31. The van der Waals surface area contributed by atoms with Crippen LogP contribution in [0.15, 0.2) is 18.2 Å². The molecule has 1 amide bonds. The summed E-state index contributed by atoms with van der Waals surface area (Å²) in [7, 11) is 1.36. The van der Waals surface area contributed by atoms with E-state index in [2.05, 4.69) is 10.1 Å². The molecule has 2 aliphatic rings. The number of rotatable bonds is 4. The van der Waals surface area contributed by atoms with Crippen molar-refractivity contribution < 1.29 is 23.0 Å². The van der Waals surface area contributed by atoms with Gasteiger partial charge in [-0.25, -0.2) is 0 Å².